The van der Waals surface area contributed by atoms with Gasteiger partial charge in [0.25, 0.3) is 0 Å². The maximum absolute atomic E-state index is 13.2. The lowest BCUT2D eigenvalue weighted by Gasteiger charge is -2.31. The van der Waals surface area contributed by atoms with E-state index < -0.39 is 0 Å². The van der Waals surface area contributed by atoms with Gasteiger partial charge in [-0.2, -0.15) is 0 Å². The highest BCUT2D eigenvalue weighted by molar-refractivity contribution is 5.79. The Balaban J connectivity index is 2.15. The van der Waals surface area contributed by atoms with Gasteiger partial charge in [0.2, 0.25) is 5.91 Å². The third-order valence-electron chi connectivity index (χ3n) is 5.35. The zero-order valence-electron chi connectivity index (χ0n) is 17.7. The summed E-state index contributed by atoms with van der Waals surface area (Å²) in [6, 6.07) is 13.1. The summed E-state index contributed by atoms with van der Waals surface area (Å²) in [5, 5.41) is 0. The van der Waals surface area contributed by atoms with E-state index in [4.69, 9.17) is 0 Å². The molecular formula is C24H36N2O. The summed E-state index contributed by atoms with van der Waals surface area (Å²) >= 11 is 0. The smallest absolute Gasteiger partial charge is 0.226 e. The molecule has 1 aromatic carbocycles. The largest absolute Gasteiger partial charge is 0.345 e. The fourth-order valence-corrected chi connectivity index (χ4v) is 3.63. The summed E-state index contributed by atoms with van der Waals surface area (Å²) in [4.78, 5) is 15.2. The van der Waals surface area contributed by atoms with Crippen LogP contribution >= 0.6 is 0 Å². The molecule has 0 N–H and O–H groups in total. The lowest BCUT2D eigenvalue weighted by atomic mass is 9.97. The molecule has 1 heterocycles. The van der Waals surface area contributed by atoms with Crippen molar-refractivity contribution in [3.8, 4) is 0 Å². The number of rotatable bonds is 10. The summed E-state index contributed by atoms with van der Waals surface area (Å²) in [6.07, 6.45) is 6.31. The molecule has 0 saturated heterocycles. The standard InChI is InChI=1S/C24H36N2O/c1-6-8-13-22(7-2)24(27)26(19(3)4)18-23-14-10-15-25(23)17-21-12-9-11-20(5)16-21/h9-12,14-16,19,22H,6-8,13,17-18H2,1-5H3/t22-/m1/s1. The topological polar surface area (TPSA) is 25.2 Å². The second kappa shape index (κ2) is 10.3. The SMILES string of the molecule is CCCC[C@@H](CC)C(=O)N(Cc1cccn1Cc1cccc(C)c1)C(C)C. The lowest BCUT2D eigenvalue weighted by molar-refractivity contribution is -0.138. The van der Waals surface area contributed by atoms with Gasteiger partial charge < -0.3 is 9.47 Å². The molecule has 1 aromatic heterocycles. The molecule has 0 aliphatic rings. The average molecular weight is 369 g/mol. The number of nitrogens with zero attached hydrogens (tertiary/aromatic N) is 2. The minimum atomic E-state index is 0.146. The quantitative estimate of drug-likeness (QED) is 0.520. The first-order valence-corrected chi connectivity index (χ1v) is 10.5. The molecule has 0 aliphatic heterocycles. The van der Waals surface area contributed by atoms with Gasteiger partial charge in [0.1, 0.15) is 0 Å². The molecule has 2 rings (SSSR count). The predicted molar refractivity (Wildman–Crippen MR) is 114 cm³/mol. The van der Waals surface area contributed by atoms with E-state index >= 15 is 0 Å². The molecule has 0 bridgehead atoms. The van der Waals surface area contributed by atoms with Gasteiger partial charge in [0.15, 0.2) is 0 Å². The van der Waals surface area contributed by atoms with E-state index in [0.29, 0.717) is 12.5 Å². The highest BCUT2D eigenvalue weighted by atomic mass is 16.2. The van der Waals surface area contributed by atoms with E-state index in [9.17, 15) is 4.79 Å². The van der Waals surface area contributed by atoms with Gasteiger partial charge in [-0.3, -0.25) is 4.79 Å². The number of benzene rings is 1. The van der Waals surface area contributed by atoms with Gasteiger partial charge >= 0.3 is 0 Å². The maximum Gasteiger partial charge on any atom is 0.226 e. The van der Waals surface area contributed by atoms with Crippen LogP contribution in [0.1, 0.15) is 70.2 Å². The van der Waals surface area contributed by atoms with Crippen molar-refractivity contribution in [3.63, 3.8) is 0 Å². The zero-order valence-corrected chi connectivity index (χ0v) is 17.7. The van der Waals surface area contributed by atoms with Crippen molar-refractivity contribution in [2.45, 2.75) is 79.4 Å². The molecule has 2 aromatic rings. The molecule has 1 atom stereocenters. The molecule has 0 saturated carbocycles. The van der Waals surface area contributed by atoms with Crippen molar-refractivity contribution in [3.05, 3.63) is 59.4 Å². The second-order valence-electron chi connectivity index (χ2n) is 7.92. The summed E-state index contributed by atoms with van der Waals surface area (Å²) < 4.78 is 2.27. The highest BCUT2D eigenvalue weighted by Crippen LogP contribution is 2.20. The maximum atomic E-state index is 13.2. The first-order valence-electron chi connectivity index (χ1n) is 10.5. The molecule has 148 valence electrons. The lowest BCUT2D eigenvalue weighted by Crippen LogP contribution is -2.40. The summed E-state index contributed by atoms with van der Waals surface area (Å²) in [7, 11) is 0. The van der Waals surface area contributed by atoms with Gasteiger partial charge in [-0.25, -0.2) is 0 Å². The molecule has 0 radical (unpaired) electrons. The van der Waals surface area contributed by atoms with Crippen LogP contribution in [0.2, 0.25) is 0 Å². The predicted octanol–water partition coefficient (Wildman–Crippen LogP) is 5.80. The van der Waals surface area contributed by atoms with Crippen molar-refractivity contribution in [2.24, 2.45) is 5.92 Å². The molecule has 27 heavy (non-hydrogen) atoms. The van der Waals surface area contributed by atoms with E-state index in [2.05, 4.69) is 86.7 Å². The van der Waals surface area contributed by atoms with Crippen LogP contribution in [0.4, 0.5) is 0 Å². The normalized spacial score (nSPS) is 12.4. The van der Waals surface area contributed by atoms with Crippen molar-refractivity contribution in [1.29, 1.82) is 0 Å². The summed E-state index contributed by atoms with van der Waals surface area (Å²) in [6.45, 7) is 12.2. The Morgan fingerprint density at radius 2 is 1.93 bits per heavy atom. The van der Waals surface area contributed by atoms with Crippen molar-refractivity contribution in [2.75, 3.05) is 0 Å². The van der Waals surface area contributed by atoms with E-state index in [1.54, 1.807) is 0 Å². The van der Waals surface area contributed by atoms with Gasteiger partial charge in [-0.05, 0) is 51.3 Å². The Morgan fingerprint density at radius 1 is 1.15 bits per heavy atom. The Morgan fingerprint density at radius 3 is 2.56 bits per heavy atom. The van der Waals surface area contributed by atoms with Gasteiger partial charge in [-0.15, -0.1) is 0 Å². The molecule has 0 spiro atoms. The number of carbonyl (C=O) groups is 1. The summed E-state index contributed by atoms with van der Waals surface area (Å²) in [5.41, 5.74) is 3.77. The van der Waals surface area contributed by atoms with Crippen molar-refractivity contribution < 1.29 is 4.79 Å². The summed E-state index contributed by atoms with van der Waals surface area (Å²) in [5.74, 6) is 0.455. The number of hydrogen-bond acceptors (Lipinski definition) is 1. The van der Waals surface area contributed by atoms with Gasteiger partial charge in [-0.1, -0.05) is 56.5 Å². The molecule has 3 heteroatoms. The second-order valence-corrected chi connectivity index (χ2v) is 7.92. The number of amides is 1. The van der Waals surface area contributed by atoms with Gasteiger partial charge in [0.05, 0.1) is 6.54 Å². The third kappa shape index (κ3) is 5.98. The number of aryl methyl sites for hydroxylation is 1. The van der Waals surface area contributed by atoms with Crippen molar-refractivity contribution >= 4 is 5.91 Å². The molecule has 0 fully saturated rings. The van der Waals surface area contributed by atoms with Crippen LogP contribution in [0, 0.1) is 12.8 Å². The number of aromatic nitrogens is 1. The van der Waals surface area contributed by atoms with Gasteiger partial charge in [0, 0.05) is 30.4 Å². The fourth-order valence-electron chi connectivity index (χ4n) is 3.63. The van der Waals surface area contributed by atoms with Crippen LogP contribution in [-0.2, 0) is 17.9 Å². The minimum absolute atomic E-state index is 0.146. The molecular weight excluding hydrogens is 332 g/mol. The van der Waals surface area contributed by atoms with E-state index in [0.717, 1.165) is 32.2 Å². The first-order chi connectivity index (χ1) is 13.0. The molecule has 0 aliphatic carbocycles. The van der Waals surface area contributed by atoms with Crippen LogP contribution in [0.3, 0.4) is 0 Å². The zero-order chi connectivity index (χ0) is 19.8. The van der Waals surface area contributed by atoms with E-state index in [-0.39, 0.29) is 12.0 Å². The minimum Gasteiger partial charge on any atom is -0.345 e. The highest BCUT2D eigenvalue weighted by Gasteiger charge is 2.25. The van der Waals surface area contributed by atoms with Crippen LogP contribution in [0.5, 0.6) is 0 Å². The number of unbranched alkanes of at least 4 members (excludes halogenated alkanes) is 1. The van der Waals surface area contributed by atoms with Crippen LogP contribution in [-0.4, -0.2) is 21.4 Å². The Labute approximate surface area is 165 Å². The number of hydrogen-bond donors (Lipinski definition) is 0. The van der Waals surface area contributed by atoms with Crippen LogP contribution in [0.25, 0.3) is 0 Å². The van der Waals surface area contributed by atoms with Crippen LogP contribution in [0.15, 0.2) is 42.6 Å². The Hall–Kier alpha value is -2.03. The van der Waals surface area contributed by atoms with Crippen molar-refractivity contribution in [1.82, 2.24) is 9.47 Å². The van der Waals surface area contributed by atoms with Crippen LogP contribution < -0.4 is 0 Å². The molecule has 1 amide bonds. The van der Waals surface area contributed by atoms with E-state index in [1.807, 2.05) is 0 Å². The van der Waals surface area contributed by atoms with E-state index in [1.165, 1.54) is 16.8 Å². The third-order valence-corrected chi connectivity index (χ3v) is 5.35. The average Bonchev–Trinajstić information content (AvgIpc) is 3.06. The Kier molecular flexibility index (Phi) is 8.15. The fraction of sp³-hybridized carbons (Fsp3) is 0.542. The Bertz CT molecular complexity index is 717. The molecule has 0 unspecified atom stereocenters. The first kappa shape index (κ1) is 21.3. The monoisotopic (exact) mass is 368 g/mol. The molecule has 3 nitrogen and oxygen atoms in total. The number of carbonyl (C=O) groups excluding carboxylic acids is 1.